The van der Waals surface area contributed by atoms with Gasteiger partial charge in [-0.15, -0.1) is 0 Å². The fraction of sp³-hybridized carbons (Fsp3) is 0.444. The Morgan fingerprint density at radius 2 is 1.88 bits per heavy atom. The molecule has 1 saturated carbocycles. The second-order valence-corrected chi connectivity index (χ2v) is 8.56. The Balaban J connectivity index is 1.84. The van der Waals surface area contributed by atoms with Crippen molar-refractivity contribution < 1.29 is 18.3 Å². The van der Waals surface area contributed by atoms with Crippen LogP contribution in [-0.4, -0.2) is 25.5 Å². The maximum absolute atomic E-state index is 12.5. The van der Waals surface area contributed by atoms with Crippen LogP contribution in [0.1, 0.15) is 44.9 Å². The van der Waals surface area contributed by atoms with E-state index < -0.39 is 10.0 Å². The molecule has 0 bridgehead atoms. The topological polar surface area (TPSA) is 110 Å². The van der Waals surface area contributed by atoms with Crippen LogP contribution in [-0.2, 0) is 14.8 Å². The Labute approximate surface area is 147 Å². The number of benzene rings is 1. The molecule has 0 amide bonds. The Bertz CT molecular complexity index is 850. The molecule has 0 saturated heterocycles. The van der Waals surface area contributed by atoms with Gasteiger partial charge in [-0.2, -0.15) is 0 Å². The van der Waals surface area contributed by atoms with Crippen LogP contribution >= 0.6 is 0 Å². The molecule has 0 heterocycles. The van der Waals surface area contributed by atoms with Crippen LogP contribution in [0, 0.1) is 5.41 Å². The monoisotopic (exact) mass is 362 g/mol. The molecule has 2 aliphatic carbocycles. The SMILES string of the molecule is NS(=O)(=O)c1cccc(N=CC2=C(O)CC3(CCCCC3)CC2=O)c1. The number of allylic oxidation sites excluding steroid dienone is 2. The van der Waals surface area contributed by atoms with E-state index in [1.54, 1.807) is 6.07 Å². The maximum Gasteiger partial charge on any atom is 0.238 e. The second-order valence-electron chi connectivity index (χ2n) is 7.00. The summed E-state index contributed by atoms with van der Waals surface area (Å²) >= 11 is 0. The number of carbonyl (C=O) groups excluding carboxylic acids is 1. The van der Waals surface area contributed by atoms with Gasteiger partial charge >= 0.3 is 0 Å². The van der Waals surface area contributed by atoms with E-state index in [9.17, 15) is 18.3 Å². The molecule has 1 fully saturated rings. The lowest BCUT2D eigenvalue weighted by Crippen LogP contribution is -2.33. The molecule has 1 spiro atoms. The molecule has 1 aromatic carbocycles. The summed E-state index contributed by atoms with van der Waals surface area (Å²) in [4.78, 5) is 16.6. The molecule has 2 aliphatic rings. The van der Waals surface area contributed by atoms with Crippen molar-refractivity contribution in [3.63, 3.8) is 0 Å². The zero-order valence-electron chi connectivity index (χ0n) is 13.9. The first-order valence-electron chi connectivity index (χ1n) is 8.41. The predicted molar refractivity (Wildman–Crippen MR) is 95.4 cm³/mol. The lowest BCUT2D eigenvalue weighted by molar-refractivity contribution is -0.119. The highest BCUT2D eigenvalue weighted by Crippen LogP contribution is 2.47. The Morgan fingerprint density at radius 1 is 1.16 bits per heavy atom. The highest BCUT2D eigenvalue weighted by atomic mass is 32.2. The van der Waals surface area contributed by atoms with Crippen molar-refractivity contribution in [1.82, 2.24) is 0 Å². The van der Waals surface area contributed by atoms with Gasteiger partial charge in [0.1, 0.15) is 5.76 Å². The van der Waals surface area contributed by atoms with Crippen molar-refractivity contribution in [2.75, 3.05) is 0 Å². The normalized spacial score (nSPS) is 21.2. The lowest BCUT2D eigenvalue weighted by Gasteiger charge is -2.39. The zero-order valence-corrected chi connectivity index (χ0v) is 14.8. The Morgan fingerprint density at radius 3 is 2.52 bits per heavy atom. The van der Waals surface area contributed by atoms with Crippen molar-refractivity contribution >= 4 is 27.7 Å². The predicted octanol–water partition coefficient (Wildman–Crippen LogP) is 3.16. The highest BCUT2D eigenvalue weighted by Gasteiger charge is 2.40. The third-order valence-corrected chi connectivity index (χ3v) is 6.00. The van der Waals surface area contributed by atoms with Crippen LogP contribution in [0.4, 0.5) is 5.69 Å². The summed E-state index contributed by atoms with van der Waals surface area (Å²) in [6.45, 7) is 0. The number of hydrogen-bond acceptors (Lipinski definition) is 5. The van der Waals surface area contributed by atoms with E-state index in [1.807, 2.05) is 0 Å². The Kier molecular flexibility index (Phi) is 4.79. The lowest BCUT2D eigenvalue weighted by atomic mass is 9.65. The van der Waals surface area contributed by atoms with Gasteiger partial charge in [-0.05, 0) is 36.5 Å². The van der Waals surface area contributed by atoms with E-state index in [0.29, 0.717) is 18.5 Å². The number of aliphatic imine (C=N–C) groups is 1. The number of rotatable bonds is 3. The molecule has 1 aromatic rings. The van der Waals surface area contributed by atoms with Crippen molar-refractivity contribution in [3.05, 3.63) is 35.6 Å². The molecule has 134 valence electrons. The summed E-state index contributed by atoms with van der Waals surface area (Å²) in [5, 5.41) is 15.5. The standard InChI is InChI=1S/C18H22N2O4S/c19-25(23,24)14-6-4-5-13(9-14)20-12-15-16(21)10-18(11-17(15)22)7-2-1-3-8-18/h4-6,9,12,21H,1-3,7-8,10-11H2,(H2,19,23,24). The van der Waals surface area contributed by atoms with Gasteiger partial charge in [-0.25, -0.2) is 13.6 Å². The number of ketones is 1. The summed E-state index contributed by atoms with van der Waals surface area (Å²) in [5.74, 6) is -0.0125. The summed E-state index contributed by atoms with van der Waals surface area (Å²) < 4.78 is 22.8. The van der Waals surface area contributed by atoms with Gasteiger partial charge in [0.05, 0.1) is 16.2 Å². The molecule has 0 aliphatic heterocycles. The van der Waals surface area contributed by atoms with Crippen LogP contribution in [0.2, 0.25) is 0 Å². The molecule has 6 nitrogen and oxygen atoms in total. The van der Waals surface area contributed by atoms with Crippen LogP contribution in [0.5, 0.6) is 0 Å². The van der Waals surface area contributed by atoms with Crippen LogP contribution in [0.25, 0.3) is 0 Å². The summed E-state index contributed by atoms with van der Waals surface area (Å²) in [7, 11) is -3.81. The van der Waals surface area contributed by atoms with Gasteiger partial charge in [-0.3, -0.25) is 9.79 Å². The third kappa shape index (κ3) is 3.99. The summed E-state index contributed by atoms with van der Waals surface area (Å²) in [6.07, 6.45) is 7.62. The maximum atomic E-state index is 12.5. The molecule has 0 atom stereocenters. The van der Waals surface area contributed by atoms with E-state index in [1.165, 1.54) is 30.8 Å². The molecule has 3 N–H and O–H groups in total. The number of aliphatic hydroxyl groups excluding tert-OH is 1. The van der Waals surface area contributed by atoms with Gasteiger partial charge < -0.3 is 5.11 Å². The highest BCUT2D eigenvalue weighted by molar-refractivity contribution is 7.89. The first-order valence-corrected chi connectivity index (χ1v) is 9.96. The number of aliphatic hydroxyl groups is 1. The van der Waals surface area contributed by atoms with E-state index in [4.69, 9.17) is 5.14 Å². The van der Waals surface area contributed by atoms with Crippen LogP contribution in [0.3, 0.4) is 0 Å². The first-order chi connectivity index (χ1) is 11.8. The molecule has 7 heteroatoms. The molecule has 0 unspecified atom stereocenters. The second kappa shape index (κ2) is 6.72. The van der Waals surface area contributed by atoms with Crippen molar-refractivity contribution in [1.29, 1.82) is 0 Å². The van der Waals surface area contributed by atoms with Crippen LogP contribution < -0.4 is 5.14 Å². The van der Waals surface area contributed by atoms with Crippen molar-refractivity contribution in [2.45, 2.75) is 49.8 Å². The quantitative estimate of drug-likeness (QED) is 0.805. The fourth-order valence-electron chi connectivity index (χ4n) is 3.79. The Hall–Kier alpha value is -1.99. The number of primary sulfonamides is 1. The third-order valence-electron chi connectivity index (χ3n) is 5.09. The minimum Gasteiger partial charge on any atom is -0.511 e. The van der Waals surface area contributed by atoms with E-state index in [2.05, 4.69) is 4.99 Å². The number of nitrogens with two attached hydrogens (primary N) is 1. The number of nitrogens with zero attached hydrogens (tertiary/aromatic N) is 1. The zero-order chi connectivity index (χ0) is 18.1. The number of hydrogen-bond donors (Lipinski definition) is 2. The average Bonchev–Trinajstić information content (AvgIpc) is 2.54. The smallest absolute Gasteiger partial charge is 0.238 e. The minimum absolute atomic E-state index is 0.0449. The molecule has 25 heavy (non-hydrogen) atoms. The summed E-state index contributed by atoms with van der Waals surface area (Å²) in [5.41, 5.74) is 0.486. The molecule has 3 rings (SSSR count). The van der Waals surface area contributed by atoms with Crippen LogP contribution in [0.15, 0.2) is 45.5 Å². The van der Waals surface area contributed by atoms with Gasteiger partial charge in [0.25, 0.3) is 0 Å². The average molecular weight is 362 g/mol. The molecular weight excluding hydrogens is 340 g/mol. The number of Topliss-reactive ketones (excluding diaryl/α,β-unsaturated/α-hetero) is 1. The summed E-state index contributed by atoms with van der Waals surface area (Å²) in [6, 6.07) is 5.85. The number of sulfonamides is 1. The molecule has 0 aromatic heterocycles. The number of carbonyl (C=O) groups is 1. The molecular formula is C18H22N2O4S. The fourth-order valence-corrected chi connectivity index (χ4v) is 4.34. The largest absolute Gasteiger partial charge is 0.511 e. The van der Waals surface area contributed by atoms with Crippen molar-refractivity contribution in [3.8, 4) is 0 Å². The first kappa shape index (κ1) is 17.8. The van der Waals surface area contributed by atoms with E-state index in [0.717, 1.165) is 25.7 Å². The molecule has 0 radical (unpaired) electrons. The van der Waals surface area contributed by atoms with Gasteiger partial charge in [-0.1, -0.05) is 25.3 Å². The van der Waals surface area contributed by atoms with E-state index in [-0.39, 0.29) is 27.4 Å². The van der Waals surface area contributed by atoms with Gasteiger partial charge in [0, 0.05) is 19.1 Å². The van der Waals surface area contributed by atoms with Crippen molar-refractivity contribution in [2.24, 2.45) is 15.5 Å². The minimum atomic E-state index is -3.81. The van der Waals surface area contributed by atoms with Gasteiger partial charge in [0.15, 0.2) is 5.78 Å². The van der Waals surface area contributed by atoms with E-state index >= 15 is 0 Å². The van der Waals surface area contributed by atoms with Gasteiger partial charge in [0.2, 0.25) is 10.0 Å².